The normalized spacial score (nSPS) is 18.4. The maximum atomic E-state index is 5.93. The molecule has 100 valence electrons. The molecule has 3 heteroatoms. The molecule has 1 saturated carbocycles. The molecule has 2 N–H and O–H groups in total. The van der Waals surface area contributed by atoms with Gasteiger partial charge in [-0.15, -0.1) is 0 Å². The fourth-order valence-electron chi connectivity index (χ4n) is 2.70. The zero-order valence-electron chi connectivity index (χ0n) is 11.6. The first-order valence-corrected chi connectivity index (χ1v) is 7.32. The Labute approximate surface area is 106 Å². The van der Waals surface area contributed by atoms with Gasteiger partial charge in [-0.25, -0.2) is 0 Å². The topological polar surface area (TPSA) is 41.6 Å². The van der Waals surface area contributed by atoms with Crippen molar-refractivity contribution in [2.24, 2.45) is 16.6 Å². The Morgan fingerprint density at radius 1 is 1.18 bits per heavy atom. The van der Waals surface area contributed by atoms with Gasteiger partial charge < -0.3 is 10.6 Å². The molecule has 0 unspecified atom stereocenters. The SMILES string of the molecule is CCN(CC)C(N)=NCCCC1CCCCC1. The van der Waals surface area contributed by atoms with E-state index in [0.29, 0.717) is 0 Å². The van der Waals surface area contributed by atoms with Crippen LogP contribution in [0.1, 0.15) is 58.8 Å². The Bertz CT molecular complexity index is 216. The zero-order valence-corrected chi connectivity index (χ0v) is 11.6. The number of nitrogens with zero attached hydrogens (tertiary/aromatic N) is 2. The van der Waals surface area contributed by atoms with Gasteiger partial charge in [0, 0.05) is 19.6 Å². The molecule has 0 aliphatic heterocycles. The van der Waals surface area contributed by atoms with Gasteiger partial charge in [-0.05, 0) is 32.6 Å². The molecule has 0 bridgehead atoms. The van der Waals surface area contributed by atoms with Gasteiger partial charge in [-0.3, -0.25) is 4.99 Å². The van der Waals surface area contributed by atoms with E-state index in [1.54, 1.807) is 0 Å². The summed E-state index contributed by atoms with van der Waals surface area (Å²) in [5, 5.41) is 0. The van der Waals surface area contributed by atoms with Crippen molar-refractivity contribution in [3.63, 3.8) is 0 Å². The molecule has 0 amide bonds. The summed E-state index contributed by atoms with van der Waals surface area (Å²) in [5.74, 6) is 1.69. The highest BCUT2D eigenvalue weighted by molar-refractivity contribution is 5.77. The van der Waals surface area contributed by atoms with Crippen LogP contribution in [0.2, 0.25) is 0 Å². The highest BCUT2D eigenvalue weighted by Crippen LogP contribution is 2.27. The highest BCUT2D eigenvalue weighted by Gasteiger charge is 2.12. The number of nitrogens with two attached hydrogens (primary N) is 1. The van der Waals surface area contributed by atoms with Gasteiger partial charge >= 0.3 is 0 Å². The molecule has 1 aliphatic rings. The van der Waals surface area contributed by atoms with Crippen molar-refractivity contribution >= 4 is 5.96 Å². The van der Waals surface area contributed by atoms with Crippen LogP contribution in [0, 0.1) is 5.92 Å². The first kappa shape index (κ1) is 14.3. The Balaban J connectivity index is 2.15. The van der Waals surface area contributed by atoms with Crippen molar-refractivity contribution in [2.45, 2.75) is 58.8 Å². The summed E-state index contributed by atoms with van der Waals surface area (Å²) in [6.07, 6.45) is 9.75. The lowest BCUT2D eigenvalue weighted by molar-refractivity contribution is 0.334. The van der Waals surface area contributed by atoms with Crippen LogP contribution in [0.25, 0.3) is 0 Å². The van der Waals surface area contributed by atoms with Crippen LogP contribution in [0.4, 0.5) is 0 Å². The van der Waals surface area contributed by atoms with E-state index < -0.39 is 0 Å². The highest BCUT2D eigenvalue weighted by atomic mass is 15.2. The second kappa shape index (κ2) is 8.37. The maximum absolute atomic E-state index is 5.93. The number of guanidine groups is 1. The van der Waals surface area contributed by atoms with Crippen LogP contribution in [-0.4, -0.2) is 30.5 Å². The van der Waals surface area contributed by atoms with Crippen LogP contribution >= 0.6 is 0 Å². The average molecular weight is 239 g/mol. The molecule has 0 spiro atoms. The summed E-state index contributed by atoms with van der Waals surface area (Å²) in [4.78, 5) is 6.58. The quantitative estimate of drug-likeness (QED) is 0.440. The van der Waals surface area contributed by atoms with Gasteiger partial charge in [0.05, 0.1) is 0 Å². The van der Waals surface area contributed by atoms with E-state index in [-0.39, 0.29) is 0 Å². The third-order valence-electron chi connectivity index (χ3n) is 3.86. The summed E-state index contributed by atoms with van der Waals surface area (Å²) in [6, 6.07) is 0. The van der Waals surface area contributed by atoms with E-state index in [2.05, 4.69) is 23.7 Å². The molecular formula is C14H29N3. The lowest BCUT2D eigenvalue weighted by atomic mass is 9.86. The van der Waals surface area contributed by atoms with Gasteiger partial charge in [0.2, 0.25) is 0 Å². The minimum atomic E-state index is 0.721. The van der Waals surface area contributed by atoms with Crippen molar-refractivity contribution in [3.05, 3.63) is 0 Å². The standard InChI is InChI=1S/C14H29N3/c1-3-17(4-2)14(15)16-12-8-11-13-9-6-5-7-10-13/h13H,3-12H2,1-2H3,(H2,15,16). The van der Waals surface area contributed by atoms with E-state index in [0.717, 1.165) is 31.5 Å². The lowest BCUT2D eigenvalue weighted by Crippen LogP contribution is -2.37. The summed E-state index contributed by atoms with van der Waals surface area (Å²) < 4.78 is 0. The molecule has 0 saturated heterocycles. The smallest absolute Gasteiger partial charge is 0.191 e. The second-order valence-corrected chi connectivity index (χ2v) is 5.06. The molecule has 1 fully saturated rings. The van der Waals surface area contributed by atoms with Crippen LogP contribution in [0.15, 0.2) is 4.99 Å². The molecule has 0 radical (unpaired) electrons. The molecule has 0 aromatic rings. The van der Waals surface area contributed by atoms with E-state index in [1.807, 2.05) is 0 Å². The van der Waals surface area contributed by atoms with Crippen LogP contribution in [0.5, 0.6) is 0 Å². The van der Waals surface area contributed by atoms with E-state index in [4.69, 9.17) is 5.73 Å². The van der Waals surface area contributed by atoms with Gasteiger partial charge in [-0.2, -0.15) is 0 Å². The van der Waals surface area contributed by atoms with Crippen LogP contribution in [0.3, 0.4) is 0 Å². The molecule has 1 rings (SSSR count). The number of rotatable bonds is 6. The Morgan fingerprint density at radius 2 is 1.82 bits per heavy atom. The molecule has 3 nitrogen and oxygen atoms in total. The van der Waals surface area contributed by atoms with Crippen molar-refractivity contribution in [1.29, 1.82) is 0 Å². The molecule has 1 aliphatic carbocycles. The predicted molar refractivity (Wildman–Crippen MR) is 75.2 cm³/mol. The molecule has 0 aromatic carbocycles. The second-order valence-electron chi connectivity index (χ2n) is 5.06. The Hall–Kier alpha value is -0.730. The van der Waals surface area contributed by atoms with E-state index in [9.17, 15) is 0 Å². The first-order valence-electron chi connectivity index (χ1n) is 7.32. The lowest BCUT2D eigenvalue weighted by Gasteiger charge is -2.21. The number of hydrogen-bond donors (Lipinski definition) is 1. The number of hydrogen-bond acceptors (Lipinski definition) is 1. The predicted octanol–water partition coefficient (Wildman–Crippen LogP) is 3.00. The minimum Gasteiger partial charge on any atom is -0.370 e. The molecule has 0 aromatic heterocycles. The molecule has 17 heavy (non-hydrogen) atoms. The molecule has 0 atom stereocenters. The summed E-state index contributed by atoms with van der Waals surface area (Å²) in [6.45, 7) is 7.05. The third kappa shape index (κ3) is 5.42. The van der Waals surface area contributed by atoms with E-state index >= 15 is 0 Å². The minimum absolute atomic E-state index is 0.721. The van der Waals surface area contributed by atoms with Crippen LogP contribution in [-0.2, 0) is 0 Å². The summed E-state index contributed by atoms with van der Waals surface area (Å²) >= 11 is 0. The zero-order chi connectivity index (χ0) is 12.5. The van der Waals surface area contributed by atoms with Crippen LogP contribution < -0.4 is 5.73 Å². The third-order valence-corrected chi connectivity index (χ3v) is 3.86. The van der Waals surface area contributed by atoms with Gasteiger partial charge in [0.25, 0.3) is 0 Å². The monoisotopic (exact) mass is 239 g/mol. The summed E-state index contributed by atoms with van der Waals surface area (Å²) in [5.41, 5.74) is 5.93. The fraction of sp³-hybridized carbons (Fsp3) is 0.929. The van der Waals surface area contributed by atoms with Crippen molar-refractivity contribution in [3.8, 4) is 0 Å². The van der Waals surface area contributed by atoms with Gasteiger partial charge in [-0.1, -0.05) is 32.1 Å². The Kier molecular flexibility index (Phi) is 7.06. The fourth-order valence-corrected chi connectivity index (χ4v) is 2.70. The first-order chi connectivity index (χ1) is 8.27. The Morgan fingerprint density at radius 3 is 2.41 bits per heavy atom. The largest absolute Gasteiger partial charge is 0.370 e. The average Bonchev–Trinajstić information content (AvgIpc) is 2.37. The van der Waals surface area contributed by atoms with Crippen molar-refractivity contribution < 1.29 is 0 Å². The molecule has 0 heterocycles. The van der Waals surface area contributed by atoms with Gasteiger partial charge in [0.15, 0.2) is 5.96 Å². The van der Waals surface area contributed by atoms with Crippen molar-refractivity contribution in [1.82, 2.24) is 4.90 Å². The van der Waals surface area contributed by atoms with Gasteiger partial charge in [0.1, 0.15) is 0 Å². The van der Waals surface area contributed by atoms with Crippen molar-refractivity contribution in [2.75, 3.05) is 19.6 Å². The summed E-state index contributed by atoms with van der Waals surface area (Å²) in [7, 11) is 0. The number of aliphatic imine (C=N–C) groups is 1. The maximum Gasteiger partial charge on any atom is 0.191 e. The van der Waals surface area contributed by atoms with E-state index in [1.165, 1.54) is 44.9 Å². The molecular weight excluding hydrogens is 210 g/mol.